The molecule has 3 saturated heterocycles. The van der Waals surface area contributed by atoms with Crippen molar-refractivity contribution in [3.63, 3.8) is 0 Å². The number of thiazole rings is 1. The minimum atomic E-state index is -0.990. The molecule has 20 heteroatoms. The van der Waals surface area contributed by atoms with Crippen LogP contribution in [0.1, 0.15) is 83.5 Å². The van der Waals surface area contributed by atoms with Crippen LogP contribution in [-0.4, -0.2) is 153 Å². The number of aryl methyl sites for hydroxylation is 1. The van der Waals surface area contributed by atoms with Crippen molar-refractivity contribution in [1.82, 2.24) is 40.3 Å². The molecule has 5 heterocycles. The van der Waals surface area contributed by atoms with Crippen molar-refractivity contribution in [2.24, 2.45) is 11.3 Å². The first-order valence-electron chi connectivity index (χ1n) is 28.0. The maximum absolute atomic E-state index is 17.4. The molecule has 0 bridgehead atoms. The fraction of sp³-hybridized carbons (Fsp3) is 0.459. The molecule has 10 rings (SSSR count). The predicted octanol–water partition coefficient (Wildman–Crippen LogP) is 8.61. The van der Waals surface area contributed by atoms with Gasteiger partial charge in [-0.2, -0.15) is 9.97 Å². The standard InChI is InChI=1S/C61H71ClFN9O8S/c1-7-51(76)70-23-25-71(26-24-70)57-45-30-46(62)52(44-28-41(73)27-40-11-8-9-12-43(40)44)53(63)54(45)67-60(68-57)80-49-14-10-13-47(49)69-21-19-37(20-22-69)32-79-33-50(75)66-56(61(4,5)6)59(78)72-31-42(74)29-48(72)58(77)65-35(2)38-15-17-39(18-16-38)55-36(3)64-34-81-55/h7-9,11-12,15-18,27-28,30,34-35,37,42,47-49,56,73-74H,1,10,13-14,19-26,29,31-33H2,2-6H3,(H,65,77)(H,66,75)/t35-,42+,47+,48-,49+,56+/m0/s1. The third-order valence-corrected chi connectivity index (χ3v) is 17.7. The Morgan fingerprint density at radius 3 is 2.40 bits per heavy atom. The first-order chi connectivity index (χ1) is 38.8. The Morgan fingerprint density at radius 2 is 1.69 bits per heavy atom. The molecule has 1 aliphatic carbocycles. The quantitative estimate of drug-likeness (QED) is 0.0672. The summed E-state index contributed by atoms with van der Waals surface area (Å²) in [6.45, 7) is 16.3. The zero-order valence-electron chi connectivity index (χ0n) is 46.5. The first kappa shape index (κ1) is 57.5. The molecule has 0 unspecified atom stereocenters. The number of aliphatic hydroxyl groups is 1. The number of aromatic hydroxyl groups is 1. The van der Waals surface area contributed by atoms with E-state index in [1.807, 2.05) is 93.6 Å². The van der Waals surface area contributed by atoms with Gasteiger partial charge in [-0.05, 0) is 122 Å². The molecular weight excluding hydrogens is 1070 g/mol. The second-order valence-corrected chi connectivity index (χ2v) is 24.3. The Balaban J connectivity index is 0.757. The average Bonchev–Trinajstić information content (AvgIpc) is 4.41. The number of likely N-dealkylation sites (tertiary alicyclic amines) is 2. The van der Waals surface area contributed by atoms with Crippen molar-refractivity contribution in [3.8, 4) is 33.3 Å². The maximum atomic E-state index is 17.4. The summed E-state index contributed by atoms with van der Waals surface area (Å²) < 4.78 is 30.1. The lowest BCUT2D eigenvalue weighted by atomic mass is 9.85. The maximum Gasteiger partial charge on any atom is 0.319 e. The number of ether oxygens (including phenoxy) is 2. The normalized spacial score (nSPS) is 20.9. The van der Waals surface area contributed by atoms with Gasteiger partial charge in [0.15, 0.2) is 5.82 Å². The Hall–Kier alpha value is -6.77. The molecule has 17 nitrogen and oxygen atoms in total. The number of aliphatic hydroxyl groups excluding tert-OH is 1. The highest BCUT2D eigenvalue weighted by Crippen LogP contribution is 2.43. The van der Waals surface area contributed by atoms with E-state index in [2.05, 4.69) is 27.1 Å². The number of carbonyl (C=O) groups excluding carboxylic acids is 4. The number of rotatable bonds is 16. The molecule has 1 saturated carbocycles. The highest BCUT2D eigenvalue weighted by Gasteiger charge is 2.45. The Morgan fingerprint density at radius 1 is 0.951 bits per heavy atom. The number of phenols is 1. The van der Waals surface area contributed by atoms with Crippen LogP contribution >= 0.6 is 22.9 Å². The third-order valence-electron chi connectivity index (χ3n) is 16.5. The summed E-state index contributed by atoms with van der Waals surface area (Å²) in [5.74, 6) is -1.50. The lowest BCUT2D eigenvalue weighted by molar-refractivity contribution is -0.144. The summed E-state index contributed by atoms with van der Waals surface area (Å²) in [4.78, 5) is 76.9. The zero-order valence-corrected chi connectivity index (χ0v) is 48.1. The van der Waals surface area contributed by atoms with Crippen molar-refractivity contribution in [3.05, 3.63) is 107 Å². The highest BCUT2D eigenvalue weighted by atomic mass is 35.5. The van der Waals surface area contributed by atoms with Gasteiger partial charge < -0.3 is 45.0 Å². The minimum absolute atomic E-state index is 0.0303. The Labute approximate surface area is 480 Å². The molecule has 4 fully saturated rings. The number of β-amino-alcohol motifs (C(OH)–C–C–N with tert-alkyl or cyclic N) is 1. The molecular formula is C61H71ClFN9O8S. The van der Waals surface area contributed by atoms with Gasteiger partial charge in [-0.15, -0.1) is 11.3 Å². The van der Waals surface area contributed by atoms with Gasteiger partial charge >= 0.3 is 6.01 Å². The molecule has 0 radical (unpaired) electrons. The van der Waals surface area contributed by atoms with Crippen molar-refractivity contribution < 1.29 is 43.3 Å². The molecule has 81 heavy (non-hydrogen) atoms. The van der Waals surface area contributed by atoms with Gasteiger partial charge in [0.05, 0.1) is 39.9 Å². The van der Waals surface area contributed by atoms with Crippen LogP contribution in [-0.2, 0) is 23.9 Å². The van der Waals surface area contributed by atoms with Gasteiger partial charge in [0.2, 0.25) is 23.6 Å². The smallest absolute Gasteiger partial charge is 0.319 e. The van der Waals surface area contributed by atoms with Crippen molar-refractivity contribution >= 4 is 74.1 Å². The average molecular weight is 1140 g/mol. The molecule has 0 spiro atoms. The van der Waals surface area contributed by atoms with Gasteiger partial charge in [-0.3, -0.25) is 24.1 Å². The van der Waals surface area contributed by atoms with E-state index >= 15 is 4.39 Å². The predicted molar refractivity (Wildman–Crippen MR) is 312 cm³/mol. The number of nitrogens with zero attached hydrogens (tertiary/aromatic N) is 7. The van der Waals surface area contributed by atoms with Crippen molar-refractivity contribution in [2.45, 2.75) is 110 Å². The minimum Gasteiger partial charge on any atom is -0.508 e. The SMILES string of the molecule is C=CC(=O)N1CCN(c2nc(O[C@@H]3CCC[C@H]3N3CCC(COCC(=O)N[C@H](C(=O)N4C[C@H](O)C[C@H]4C(=O)N[C@@H](C)c4ccc(-c5scnc5C)cc4)C(C)(C)C)CC3)nc3c(F)c(-c4cc(O)cc5ccccc45)c(Cl)cc23)CC1. The molecule has 4 aromatic carbocycles. The lowest BCUT2D eigenvalue weighted by Gasteiger charge is -2.38. The van der Waals surface area contributed by atoms with Gasteiger partial charge in [-0.25, -0.2) is 9.37 Å². The first-order valence-corrected chi connectivity index (χ1v) is 29.3. The van der Waals surface area contributed by atoms with Crippen molar-refractivity contribution in [2.75, 3.05) is 63.9 Å². The van der Waals surface area contributed by atoms with E-state index in [0.717, 1.165) is 72.3 Å². The number of hydrogen-bond acceptors (Lipinski definition) is 14. The van der Waals surface area contributed by atoms with Gasteiger partial charge in [-0.1, -0.05) is 87.5 Å². The topological polar surface area (TPSA) is 203 Å². The lowest BCUT2D eigenvalue weighted by Crippen LogP contribution is -2.58. The van der Waals surface area contributed by atoms with Crippen molar-refractivity contribution in [1.29, 1.82) is 0 Å². The van der Waals surface area contributed by atoms with E-state index in [4.69, 9.17) is 31.0 Å². The second kappa shape index (κ2) is 24.4. The van der Waals surface area contributed by atoms with Crippen LogP contribution in [0, 0.1) is 24.1 Å². The van der Waals surface area contributed by atoms with Crippen LogP contribution in [0.4, 0.5) is 10.2 Å². The van der Waals surface area contributed by atoms with E-state index in [1.54, 1.807) is 28.4 Å². The molecule has 4 N–H and O–H groups in total. The number of nitrogens with one attached hydrogen (secondary N) is 2. The van der Waals surface area contributed by atoms with Crippen LogP contribution in [0.5, 0.6) is 11.8 Å². The summed E-state index contributed by atoms with van der Waals surface area (Å²) in [7, 11) is 0. The highest BCUT2D eigenvalue weighted by molar-refractivity contribution is 7.13. The number of amides is 4. The van der Waals surface area contributed by atoms with E-state index in [-0.39, 0.29) is 83.4 Å². The molecule has 4 aliphatic rings. The van der Waals surface area contributed by atoms with Crippen LogP contribution in [0.3, 0.4) is 0 Å². The largest absolute Gasteiger partial charge is 0.508 e. The van der Waals surface area contributed by atoms with Crippen LogP contribution in [0.25, 0.3) is 43.2 Å². The van der Waals surface area contributed by atoms with Gasteiger partial charge in [0, 0.05) is 56.1 Å². The fourth-order valence-electron chi connectivity index (χ4n) is 12.1. The Kier molecular flexibility index (Phi) is 17.3. The number of halogens is 2. The van der Waals surface area contributed by atoms with E-state index in [1.165, 1.54) is 17.0 Å². The zero-order chi connectivity index (χ0) is 57.3. The molecule has 6 aromatic rings. The van der Waals surface area contributed by atoms with E-state index in [9.17, 15) is 29.4 Å². The Bertz CT molecular complexity index is 3320. The second-order valence-electron chi connectivity index (χ2n) is 23.0. The summed E-state index contributed by atoms with van der Waals surface area (Å²) in [6.07, 6.45) is 4.39. The summed E-state index contributed by atoms with van der Waals surface area (Å²) in [5.41, 5.74) is 4.53. The summed E-state index contributed by atoms with van der Waals surface area (Å²) >= 11 is 8.56. The van der Waals surface area contributed by atoms with E-state index < -0.39 is 41.2 Å². The van der Waals surface area contributed by atoms with E-state index in [0.29, 0.717) is 54.9 Å². The monoisotopic (exact) mass is 1140 g/mol. The molecule has 3 aliphatic heterocycles. The number of anilines is 1. The third kappa shape index (κ3) is 12.5. The fourth-order valence-corrected chi connectivity index (χ4v) is 13.2. The van der Waals surface area contributed by atoms with Gasteiger partial charge in [0.1, 0.15) is 41.9 Å². The molecule has 2 aromatic heterocycles. The molecule has 4 amide bonds. The van der Waals surface area contributed by atoms with Gasteiger partial charge in [0.25, 0.3) is 0 Å². The summed E-state index contributed by atoms with van der Waals surface area (Å²) in [5, 5.41) is 29.4. The number of piperazine rings is 1. The van der Waals surface area contributed by atoms with Crippen LogP contribution in [0.2, 0.25) is 5.02 Å². The molecule has 428 valence electrons. The number of piperidine rings is 1. The number of carbonyl (C=O) groups is 4. The number of aromatic nitrogens is 3. The molecule has 6 atom stereocenters. The van der Waals surface area contributed by atoms with Crippen LogP contribution < -0.4 is 20.3 Å². The van der Waals surface area contributed by atoms with Crippen LogP contribution in [0.15, 0.2) is 84.9 Å². The number of fused-ring (bicyclic) bond motifs is 2. The number of phenolic OH excluding ortho intramolecular Hbond substituents is 1. The summed E-state index contributed by atoms with van der Waals surface area (Å²) in [6, 6.07) is 17.9. The number of hydrogen-bond donors (Lipinski definition) is 4. The number of benzene rings is 4.